The highest BCUT2D eigenvalue weighted by atomic mass is 35.5. The predicted octanol–water partition coefficient (Wildman–Crippen LogP) is 1.97. The van der Waals surface area contributed by atoms with Crippen LogP contribution in [0.1, 0.15) is 18.9 Å². The fraction of sp³-hybridized carbons (Fsp3) is 0.556. The molecule has 1 rings (SSSR count). The van der Waals surface area contributed by atoms with Crippen molar-refractivity contribution in [3.63, 3.8) is 0 Å². The van der Waals surface area contributed by atoms with Crippen molar-refractivity contribution in [1.82, 2.24) is 15.0 Å². The zero-order valence-electron chi connectivity index (χ0n) is 8.71. The first-order chi connectivity index (χ1) is 6.65. The van der Waals surface area contributed by atoms with Crippen LogP contribution >= 0.6 is 11.6 Å². The SMILES string of the molecule is CCCc1c(Cl)ncnc1NN(C)C. The van der Waals surface area contributed by atoms with Crippen molar-refractivity contribution in [2.75, 3.05) is 19.5 Å². The van der Waals surface area contributed by atoms with Crippen LogP contribution in [0, 0.1) is 0 Å². The summed E-state index contributed by atoms with van der Waals surface area (Å²) in [4.78, 5) is 8.11. The molecule has 0 aliphatic carbocycles. The number of anilines is 1. The van der Waals surface area contributed by atoms with Gasteiger partial charge in [0.1, 0.15) is 17.3 Å². The molecular formula is C9H15ClN4. The average Bonchev–Trinajstić information content (AvgIpc) is 2.10. The second-order valence-corrected chi connectivity index (χ2v) is 3.61. The van der Waals surface area contributed by atoms with Gasteiger partial charge >= 0.3 is 0 Å². The Kier molecular flexibility index (Phi) is 4.10. The first kappa shape index (κ1) is 11.2. The summed E-state index contributed by atoms with van der Waals surface area (Å²) in [6.07, 6.45) is 3.37. The molecule has 0 fully saturated rings. The van der Waals surface area contributed by atoms with E-state index in [1.807, 2.05) is 19.1 Å². The molecule has 1 aromatic heterocycles. The van der Waals surface area contributed by atoms with Crippen LogP contribution in [0.4, 0.5) is 5.82 Å². The first-order valence-corrected chi connectivity index (χ1v) is 4.96. The Morgan fingerprint density at radius 2 is 2.14 bits per heavy atom. The van der Waals surface area contributed by atoms with E-state index in [1.54, 1.807) is 0 Å². The van der Waals surface area contributed by atoms with Crippen LogP contribution in [0.15, 0.2) is 6.33 Å². The summed E-state index contributed by atoms with van der Waals surface area (Å²) < 4.78 is 0. The summed E-state index contributed by atoms with van der Waals surface area (Å²) in [6.45, 7) is 2.10. The zero-order valence-corrected chi connectivity index (χ0v) is 9.47. The molecule has 0 atom stereocenters. The number of halogens is 1. The van der Waals surface area contributed by atoms with Gasteiger partial charge in [0.2, 0.25) is 0 Å². The quantitative estimate of drug-likeness (QED) is 0.615. The monoisotopic (exact) mass is 214 g/mol. The number of hydrogen-bond acceptors (Lipinski definition) is 4. The van der Waals surface area contributed by atoms with Crippen molar-refractivity contribution in [2.24, 2.45) is 0 Å². The molecule has 0 unspecified atom stereocenters. The fourth-order valence-electron chi connectivity index (χ4n) is 1.17. The van der Waals surface area contributed by atoms with Gasteiger partial charge in [0, 0.05) is 19.7 Å². The molecule has 4 nitrogen and oxygen atoms in total. The molecule has 14 heavy (non-hydrogen) atoms. The minimum Gasteiger partial charge on any atom is -0.303 e. The Balaban J connectivity index is 2.95. The standard InChI is InChI=1S/C9H15ClN4/c1-4-5-7-8(10)11-6-12-9(7)13-14(2)3/h6H,4-5H2,1-3H3,(H,11,12,13). The van der Waals surface area contributed by atoms with Gasteiger partial charge in [0.15, 0.2) is 0 Å². The normalized spacial score (nSPS) is 10.6. The summed E-state index contributed by atoms with van der Waals surface area (Å²) in [6, 6.07) is 0. The van der Waals surface area contributed by atoms with Crippen LogP contribution in [-0.4, -0.2) is 29.1 Å². The van der Waals surface area contributed by atoms with Crippen LogP contribution < -0.4 is 5.43 Å². The maximum absolute atomic E-state index is 5.98. The average molecular weight is 215 g/mol. The van der Waals surface area contributed by atoms with Gasteiger partial charge in [-0.2, -0.15) is 0 Å². The van der Waals surface area contributed by atoms with E-state index in [0.717, 1.165) is 24.2 Å². The number of nitrogens with zero attached hydrogens (tertiary/aromatic N) is 3. The first-order valence-electron chi connectivity index (χ1n) is 4.58. The number of aromatic nitrogens is 2. The van der Waals surface area contributed by atoms with E-state index >= 15 is 0 Å². The van der Waals surface area contributed by atoms with E-state index in [-0.39, 0.29) is 0 Å². The highest BCUT2D eigenvalue weighted by molar-refractivity contribution is 6.30. The summed E-state index contributed by atoms with van der Waals surface area (Å²) in [7, 11) is 3.82. The summed E-state index contributed by atoms with van der Waals surface area (Å²) in [5.74, 6) is 0.789. The molecule has 0 amide bonds. The molecule has 0 bridgehead atoms. The maximum atomic E-state index is 5.98. The Labute approximate surface area is 89.3 Å². The zero-order chi connectivity index (χ0) is 10.6. The smallest absolute Gasteiger partial charge is 0.148 e. The van der Waals surface area contributed by atoms with E-state index in [0.29, 0.717) is 5.15 Å². The van der Waals surface area contributed by atoms with E-state index < -0.39 is 0 Å². The van der Waals surface area contributed by atoms with Gasteiger partial charge in [-0.1, -0.05) is 24.9 Å². The van der Waals surface area contributed by atoms with E-state index in [9.17, 15) is 0 Å². The fourth-order valence-corrected chi connectivity index (χ4v) is 1.40. The third kappa shape index (κ3) is 2.82. The van der Waals surface area contributed by atoms with Crippen molar-refractivity contribution < 1.29 is 0 Å². The van der Waals surface area contributed by atoms with Gasteiger partial charge < -0.3 is 5.43 Å². The third-order valence-electron chi connectivity index (χ3n) is 1.72. The highest BCUT2D eigenvalue weighted by Gasteiger charge is 2.08. The molecule has 5 heteroatoms. The molecule has 0 saturated carbocycles. The lowest BCUT2D eigenvalue weighted by Gasteiger charge is -2.15. The Morgan fingerprint density at radius 3 is 2.71 bits per heavy atom. The van der Waals surface area contributed by atoms with Crippen molar-refractivity contribution >= 4 is 17.4 Å². The van der Waals surface area contributed by atoms with E-state index in [2.05, 4.69) is 22.3 Å². The largest absolute Gasteiger partial charge is 0.303 e. The van der Waals surface area contributed by atoms with E-state index in [1.165, 1.54) is 6.33 Å². The molecule has 1 heterocycles. The van der Waals surface area contributed by atoms with Gasteiger partial charge in [-0.15, -0.1) is 0 Å². The lowest BCUT2D eigenvalue weighted by molar-refractivity contribution is 0.491. The van der Waals surface area contributed by atoms with Crippen LogP contribution in [0.3, 0.4) is 0 Å². The minimum absolute atomic E-state index is 0.534. The number of hydrogen-bond donors (Lipinski definition) is 1. The molecule has 0 saturated heterocycles. The highest BCUT2D eigenvalue weighted by Crippen LogP contribution is 2.21. The molecule has 78 valence electrons. The van der Waals surface area contributed by atoms with Gasteiger partial charge in [0.05, 0.1) is 0 Å². The van der Waals surface area contributed by atoms with Crippen molar-refractivity contribution in [3.8, 4) is 0 Å². The number of nitrogens with one attached hydrogen (secondary N) is 1. The lowest BCUT2D eigenvalue weighted by atomic mass is 10.2. The maximum Gasteiger partial charge on any atom is 0.148 e. The Hall–Kier alpha value is -0.870. The second kappa shape index (κ2) is 5.12. The molecular weight excluding hydrogens is 200 g/mol. The van der Waals surface area contributed by atoms with Gasteiger partial charge in [-0.3, -0.25) is 0 Å². The summed E-state index contributed by atoms with van der Waals surface area (Å²) in [5, 5.41) is 2.36. The van der Waals surface area contributed by atoms with Crippen molar-refractivity contribution in [3.05, 3.63) is 17.0 Å². The Bertz CT molecular complexity index is 301. The third-order valence-corrected chi connectivity index (χ3v) is 2.05. The number of rotatable bonds is 4. The molecule has 1 N–H and O–H groups in total. The van der Waals surface area contributed by atoms with Crippen LogP contribution in [0.25, 0.3) is 0 Å². The molecule has 1 aromatic rings. The Morgan fingerprint density at radius 1 is 1.43 bits per heavy atom. The molecule has 0 radical (unpaired) electrons. The summed E-state index contributed by atoms with van der Waals surface area (Å²) >= 11 is 5.98. The van der Waals surface area contributed by atoms with Gasteiger partial charge in [0.25, 0.3) is 0 Å². The van der Waals surface area contributed by atoms with Crippen molar-refractivity contribution in [2.45, 2.75) is 19.8 Å². The minimum atomic E-state index is 0.534. The second-order valence-electron chi connectivity index (χ2n) is 3.25. The predicted molar refractivity (Wildman–Crippen MR) is 58.3 cm³/mol. The van der Waals surface area contributed by atoms with Crippen molar-refractivity contribution in [1.29, 1.82) is 0 Å². The summed E-state index contributed by atoms with van der Waals surface area (Å²) in [5.41, 5.74) is 4.07. The lowest BCUT2D eigenvalue weighted by Crippen LogP contribution is -2.21. The van der Waals surface area contributed by atoms with Gasteiger partial charge in [-0.05, 0) is 6.42 Å². The molecule has 0 aromatic carbocycles. The van der Waals surface area contributed by atoms with Crippen LogP contribution in [-0.2, 0) is 6.42 Å². The topological polar surface area (TPSA) is 41.1 Å². The molecule has 0 aliphatic heterocycles. The van der Waals surface area contributed by atoms with Crippen LogP contribution in [0.5, 0.6) is 0 Å². The molecule has 0 aliphatic rings. The van der Waals surface area contributed by atoms with E-state index in [4.69, 9.17) is 11.6 Å². The van der Waals surface area contributed by atoms with Crippen LogP contribution in [0.2, 0.25) is 5.15 Å². The number of hydrazine groups is 1. The van der Waals surface area contributed by atoms with Gasteiger partial charge in [-0.25, -0.2) is 15.0 Å². The molecule has 0 spiro atoms.